The number of aryl methyl sites for hydroxylation is 2. The molecule has 0 saturated carbocycles. The highest BCUT2D eigenvalue weighted by atomic mass is 15.3. The van der Waals surface area contributed by atoms with E-state index in [1.165, 1.54) is 22.3 Å². The van der Waals surface area contributed by atoms with Crippen LogP contribution in [-0.2, 0) is 13.1 Å². The van der Waals surface area contributed by atoms with Gasteiger partial charge in [-0.1, -0.05) is 35.9 Å². The summed E-state index contributed by atoms with van der Waals surface area (Å²) < 4.78 is 1.92. The first-order valence-corrected chi connectivity index (χ1v) is 8.51. The summed E-state index contributed by atoms with van der Waals surface area (Å²) in [5.41, 5.74) is 5.96. The molecule has 1 N–H and O–H groups in total. The van der Waals surface area contributed by atoms with Crippen LogP contribution in [0.25, 0.3) is 0 Å². The van der Waals surface area contributed by atoms with Crippen molar-refractivity contribution < 1.29 is 0 Å². The molecule has 0 saturated heterocycles. The molecule has 0 bridgehead atoms. The van der Waals surface area contributed by atoms with Gasteiger partial charge in [-0.15, -0.1) is 6.58 Å². The van der Waals surface area contributed by atoms with Crippen LogP contribution in [0, 0.1) is 13.8 Å². The Balaban J connectivity index is 1.83. The summed E-state index contributed by atoms with van der Waals surface area (Å²) in [6, 6.07) is 12.9. The zero-order valence-electron chi connectivity index (χ0n) is 14.8. The van der Waals surface area contributed by atoms with Crippen LogP contribution in [0.2, 0.25) is 0 Å². The van der Waals surface area contributed by atoms with E-state index in [4.69, 9.17) is 0 Å². The third kappa shape index (κ3) is 4.22. The van der Waals surface area contributed by atoms with E-state index in [0.717, 1.165) is 18.8 Å². The molecule has 0 spiro atoms. The highest BCUT2D eigenvalue weighted by Crippen LogP contribution is 2.23. The predicted octanol–water partition coefficient (Wildman–Crippen LogP) is 3.96. The van der Waals surface area contributed by atoms with Gasteiger partial charge in [0.05, 0.1) is 18.3 Å². The second kappa shape index (κ2) is 7.90. The number of hydrogen-bond donors (Lipinski definition) is 1. The van der Waals surface area contributed by atoms with Gasteiger partial charge in [0, 0.05) is 30.7 Å². The van der Waals surface area contributed by atoms with E-state index in [9.17, 15) is 0 Å². The van der Waals surface area contributed by atoms with E-state index in [-0.39, 0.29) is 6.04 Å². The van der Waals surface area contributed by atoms with Crippen molar-refractivity contribution >= 4 is 0 Å². The lowest BCUT2D eigenvalue weighted by Gasteiger charge is -2.20. The summed E-state index contributed by atoms with van der Waals surface area (Å²) >= 11 is 0. The Kier molecular flexibility index (Phi) is 5.41. The Labute approximate surface area is 149 Å². The maximum atomic E-state index is 4.53. The van der Waals surface area contributed by atoms with Crippen molar-refractivity contribution in [2.75, 3.05) is 0 Å². The van der Waals surface area contributed by atoms with Gasteiger partial charge in [0.25, 0.3) is 0 Å². The molecule has 1 atom stereocenters. The molecule has 0 radical (unpaired) electrons. The van der Waals surface area contributed by atoms with E-state index in [1.807, 2.05) is 30.1 Å². The van der Waals surface area contributed by atoms with Crippen molar-refractivity contribution in [1.82, 2.24) is 20.1 Å². The molecule has 3 aromatic rings. The quantitative estimate of drug-likeness (QED) is 0.666. The molecular formula is C21H24N4. The van der Waals surface area contributed by atoms with E-state index in [1.54, 1.807) is 0 Å². The van der Waals surface area contributed by atoms with Crippen LogP contribution in [0.5, 0.6) is 0 Å². The molecule has 0 aliphatic carbocycles. The molecule has 2 aromatic heterocycles. The zero-order valence-corrected chi connectivity index (χ0v) is 14.8. The SMILES string of the molecule is C=CCn1cc(CN[C@@H](c2ccncc2)c2ccc(C)cc2)c(C)n1. The van der Waals surface area contributed by atoms with Crippen molar-refractivity contribution in [3.8, 4) is 0 Å². The fourth-order valence-electron chi connectivity index (χ4n) is 2.91. The van der Waals surface area contributed by atoms with E-state index < -0.39 is 0 Å². The third-order valence-corrected chi connectivity index (χ3v) is 4.31. The number of pyridine rings is 1. The molecule has 4 nitrogen and oxygen atoms in total. The number of benzene rings is 1. The lowest BCUT2D eigenvalue weighted by molar-refractivity contribution is 0.602. The van der Waals surface area contributed by atoms with Crippen LogP contribution in [0.1, 0.15) is 34.0 Å². The second-order valence-corrected chi connectivity index (χ2v) is 6.26. The lowest BCUT2D eigenvalue weighted by atomic mass is 9.98. The van der Waals surface area contributed by atoms with Gasteiger partial charge in [0.2, 0.25) is 0 Å². The van der Waals surface area contributed by atoms with Crippen molar-refractivity contribution in [3.63, 3.8) is 0 Å². The molecule has 0 aliphatic heterocycles. The number of aromatic nitrogens is 3. The Hall–Kier alpha value is -2.72. The van der Waals surface area contributed by atoms with E-state index in [2.05, 4.69) is 71.5 Å². The maximum Gasteiger partial charge on any atom is 0.0638 e. The number of hydrogen-bond acceptors (Lipinski definition) is 3. The predicted molar refractivity (Wildman–Crippen MR) is 101 cm³/mol. The van der Waals surface area contributed by atoms with Crippen LogP contribution in [0.3, 0.4) is 0 Å². The summed E-state index contributed by atoms with van der Waals surface area (Å²) in [7, 11) is 0. The Morgan fingerprint density at radius 3 is 2.44 bits per heavy atom. The van der Waals surface area contributed by atoms with E-state index >= 15 is 0 Å². The molecule has 1 aromatic carbocycles. The summed E-state index contributed by atoms with van der Waals surface area (Å²) in [4.78, 5) is 4.14. The van der Waals surface area contributed by atoms with Crippen LogP contribution in [0.15, 0.2) is 67.6 Å². The van der Waals surface area contributed by atoms with Crippen LogP contribution in [-0.4, -0.2) is 14.8 Å². The molecule has 128 valence electrons. The second-order valence-electron chi connectivity index (χ2n) is 6.26. The minimum atomic E-state index is 0.116. The van der Waals surface area contributed by atoms with Crippen molar-refractivity contribution in [3.05, 3.63) is 95.6 Å². The maximum absolute atomic E-state index is 4.53. The topological polar surface area (TPSA) is 42.7 Å². The monoisotopic (exact) mass is 332 g/mol. The van der Waals surface area contributed by atoms with E-state index in [0.29, 0.717) is 0 Å². The minimum Gasteiger partial charge on any atom is -0.302 e. The van der Waals surface area contributed by atoms with Gasteiger partial charge in [-0.2, -0.15) is 5.10 Å². The molecule has 0 fully saturated rings. The molecule has 0 aliphatic rings. The smallest absolute Gasteiger partial charge is 0.0638 e. The fraction of sp³-hybridized carbons (Fsp3) is 0.238. The molecule has 4 heteroatoms. The fourth-order valence-corrected chi connectivity index (χ4v) is 2.91. The Morgan fingerprint density at radius 1 is 1.08 bits per heavy atom. The first-order valence-electron chi connectivity index (χ1n) is 8.51. The number of allylic oxidation sites excluding steroid dienone is 1. The van der Waals surface area contributed by atoms with Gasteiger partial charge < -0.3 is 5.32 Å². The average Bonchev–Trinajstić information content (AvgIpc) is 2.97. The summed E-state index contributed by atoms with van der Waals surface area (Å²) in [5, 5.41) is 8.21. The molecule has 0 unspecified atom stereocenters. The Bertz CT molecular complexity index is 819. The van der Waals surface area contributed by atoms with Gasteiger partial charge in [0.15, 0.2) is 0 Å². The zero-order chi connectivity index (χ0) is 17.6. The number of rotatable bonds is 7. The molecular weight excluding hydrogens is 308 g/mol. The molecule has 0 amide bonds. The highest BCUT2D eigenvalue weighted by Gasteiger charge is 2.15. The largest absolute Gasteiger partial charge is 0.302 e. The van der Waals surface area contributed by atoms with Crippen LogP contribution in [0.4, 0.5) is 0 Å². The van der Waals surface area contributed by atoms with Gasteiger partial charge in [0.1, 0.15) is 0 Å². The summed E-state index contributed by atoms with van der Waals surface area (Å²) in [5.74, 6) is 0. The Morgan fingerprint density at radius 2 is 1.76 bits per heavy atom. The van der Waals surface area contributed by atoms with Crippen LogP contribution >= 0.6 is 0 Å². The standard InChI is InChI=1S/C21H24N4/c1-4-13-25-15-20(17(3)24-25)14-23-21(19-9-11-22-12-10-19)18-7-5-16(2)6-8-18/h4-12,15,21,23H,1,13-14H2,2-3H3/t21-/m1/s1. The lowest BCUT2D eigenvalue weighted by Crippen LogP contribution is -2.22. The number of nitrogens with one attached hydrogen (secondary N) is 1. The van der Waals surface area contributed by atoms with Crippen molar-refractivity contribution in [2.45, 2.75) is 33.0 Å². The van der Waals surface area contributed by atoms with Gasteiger partial charge in [-0.05, 0) is 37.1 Å². The molecule has 2 heterocycles. The molecule has 3 rings (SSSR count). The van der Waals surface area contributed by atoms with Crippen molar-refractivity contribution in [1.29, 1.82) is 0 Å². The molecule has 25 heavy (non-hydrogen) atoms. The first-order chi connectivity index (χ1) is 12.2. The summed E-state index contributed by atoms with van der Waals surface area (Å²) in [6.07, 6.45) is 7.62. The van der Waals surface area contributed by atoms with Gasteiger partial charge >= 0.3 is 0 Å². The third-order valence-electron chi connectivity index (χ3n) is 4.31. The van der Waals surface area contributed by atoms with Crippen molar-refractivity contribution in [2.24, 2.45) is 0 Å². The van der Waals surface area contributed by atoms with Gasteiger partial charge in [-0.3, -0.25) is 9.67 Å². The van der Waals surface area contributed by atoms with Crippen LogP contribution < -0.4 is 5.32 Å². The average molecular weight is 332 g/mol. The first kappa shape index (κ1) is 17.1. The minimum absolute atomic E-state index is 0.116. The van der Waals surface area contributed by atoms with Gasteiger partial charge in [-0.25, -0.2) is 0 Å². The highest BCUT2D eigenvalue weighted by molar-refractivity contribution is 5.32. The summed E-state index contributed by atoms with van der Waals surface area (Å²) in [6.45, 7) is 9.41. The number of nitrogens with zero attached hydrogens (tertiary/aromatic N) is 3. The normalized spacial score (nSPS) is 12.1.